The zero-order valence-corrected chi connectivity index (χ0v) is 11.7. The standard InChI is InChI=1S/C13H24N2O4/c1-3-5-6-7-12(17)15-10(8-9-11(14)16)13(18)19-4-2/h10H,3-9H2,1-2H3,(H2,14,16)(H,15,17)/t10-/m0/s1. The number of primary amides is 1. The van der Waals surface area contributed by atoms with Gasteiger partial charge >= 0.3 is 5.97 Å². The number of hydrogen-bond donors (Lipinski definition) is 2. The number of amides is 2. The summed E-state index contributed by atoms with van der Waals surface area (Å²) in [6, 6.07) is -0.790. The average molecular weight is 272 g/mol. The average Bonchev–Trinajstić information content (AvgIpc) is 2.34. The Labute approximate surface area is 114 Å². The van der Waals surface area contributed by atoms with Crippen molar-refractivity contribution in [2.45, 2.75) is 58.4 Å². The number of nitrogens with two attached hydrogens (primary N) is 1. The number of ether oxygens (including phenoxy) is 1. The smallest absolute Gasteiger partial charge is 0.328 e. The molecule has 0 unspecified atom stereocenters. The number of esters is 1. The predicted octanol–water partition coefficient (Wildman–Crippen LogP) is 0.880. The normalized spacial score (nSPS) is 11.7. The molecule has 0 aliphatic heterocycles. The Balaban J connectivity index is 4.27. The van der Waals surface area contributed by atoms with Crippen LogP contribution in [0.15, 0.2) is 0 Å². The summed E-state index contributed by atoms with van der Waals surface area (Å²) in [5.41, 5.74) is 5.04. The molecule has 0 aromatic rings. The van der Waals surface area contributed by atoms with Crippen molar-refractivity contribution in [3.8, 4) is 0 Å². The molecule has 6 nitrogen and oxygen atoms in total. The first-order valence-electron chi connectivity index (χ1n) is 6.75. The van der Waals surface area contributed by atoms with Crippen LogP contribution in [0.2, 0.25) is 0 Å². The van der Waals surface area contributed by atoms with Gasteiger partial charge in [0.25, 0.3) is 0 Å². The van der Waals surface area contributed by atoms with E-state index >= 15 is 0 Å². The van der Waals surface area contributed by atoms with Crippen molar-refractivity contribution in [2.75, 3.05) is 6.61 Å². The van der Waals surface area contributed by atoms with E-state index in [1.54, 1.807) is 6.92 Å². The van der Waals surface area contributed by atoms with Crippen molar-refractivity contribution in [3.05, 3.63) is 0 Å². The van der Waals surface area contributed by atoms with Crippen molar-refractivity contribution in [3.63, 3.8) is 0 Å². The highest BCUT2D eigenvalue weighted by molar-refractivity contribution is 5.85. The first-order valence-corrected chi connectivity index (χ1v) is 6.75. The second-order valence-electron chi connectivity index (χ2n) is 4.33. The minimum absolute atomic E-state index is 0.0404. The van der Waals surface area contributed by atoms with E-state index in [4.69, 9.17) is 10.5 Å². The molecule has 19 heavy (non-hydrogen) atoms. The number of rotatable bonds is 10. The summed E-state index contributed by atoms with van der Waals surface area (Å²) in [5.74, 6) is -1.22. The molecule has 0 aromatic heterocycles. The van der Waals surface area contributed by atoms with Gasteiger partial charge in [0.15, 0.2) is 0 Å². The van der Waals surface area contributed by atoms with Crippen LogP contribution in [0.25, 0.3) is 0 Å². The third kappa shape index (κ3) is 9.04. The number of nitrogens with one attached hydrogen (secondary N) is 1. The van der Waals surface area contributed by atoms with Gasteiger partial charge in [-0.2, -0.15) is 0 Å². The first kappa shape index (κ1) is 17.4. The highest BCUT2D eigenvalue weighted by Crippen LogP contribution is 2.03. The first-order chi connectivity index (χ1) is 9.01. The molecule has 0 saturated carbocycles. The van der Waals surface area contributed by atoms with Crippen LogP contribution in [0.1, 0.15) is 52.4 Å². The third-order valence-electron chi connectivity index (χ3n) is 2.59. The molecule has 6 heteroatoms. The van der Waals surface area contributed by atoms with Gasteiger partial charge in [-0.3, -0.25) is 9.59 Å². The minimum Gasteiger partial charge on any atom is -0.464 e. The van der Waals surface area contributed by atoms with Crippen LogP contribution in [-0.2, 0) is 19.1 Å². The lowest BCUT2D eigenvalue weighted by molar-refractivity contribution is -0.147. The van der Waals surface area contributed by atoms with Gasteiger partial charge < -0.3 is 15.8 Å². The van der Waals surface area contributed by atoms with E-state index in [-0.39, 0.29) is 25.4 Å². The van der Waals surface area contributed by atoms with E-state index in [0.717, 1.165) is 19.3 Å². The van der Waals surface area contributed by atoms with Gasteiger partial charge in [0.05, 0.1) is 6.61 Å². The minimum atomic E-state index is -0.790. The van der Waals surface area contributed by atoms with Crippen molar-refractivity contribution in [1.82, 2.24) is 5.32 Å². The van der Waals surface area contributed by atoms with Crippen LogP contribution < -0.4 is 11.1 Å². The van der Waals surface area contributed by atoms with Crippen LogP contribution in [0.5, 0.6) is 0 Å². The summed E-state index contributed by atoms with van der Waals surface area (Å²) in [6.07, 6.45) is 3.37. The fraction of sp³-hybridized carbons (Fsp3) is 0.769. The summed E-state index contributed by atoms with van der Waals surface area (Å²) < 4.78 is 4.86. The Hall–Kier alpha value is -1.59. The van der Waals surface area contributed by atoms with Crippen molar-refractivity contribution < 1.29 is 19.1 Å². The van der Waals surface area contributed by atoms with E-state index in [9.17, 15) is 14.4 Å². The lowest BCUT2D eigenvalue weighted by atomic mass is 10.1. The largest absolute Gasteiger partial charge is 0.464 e. The van der Waals surface area contributed by atoms with Crippen LogP contribution in [0.3, 0.4) is 0 Å². The number of carbonyl (C=O) groups excluding carboxylic acids is 3. The van der Waals surface area contributed by atoms with Crippen LogP contribution >= 0.6 is 0 Å². The molecule has 2 amide bonds. The molecular weight excluding hydrogens is 248 g/mol. The molecule has 0 heterocycles. The van der Waals surface area contributed by atoms with Gasteiger partial charge in [-0.1, -0.05) is 19.8 Å². The Morgan fingerprint density at radius 1 is 1.16 bits per heavy atom. The zero-order valence-electron chi connectivity index (χ0n) is 11.7. The Kier molecular flexibility index (Phi) is 9.48. The summed E-state index contributed by atoms with van der Waals surface area (Å²) in [7, 11) is 0. The van der Waals surface area contributed by atoms with Gasteiger partial charge in [-0.05, 0) is 19.8 Å². The molecule has 0 aromatic carbocycles. The van der Waals surface area contributed by atoms with Crippen molar-refractivity contribution in [2.24, 2.45) is 5.73 Å². The molecule has 0 saturated heterocycles. The number of hydrogen-bond acceptors (Lipinski definition) is 4. The lowest BCUT2D eigenvalue weighted by Gasteiger charge is -2.16. The molecule has 0 aliphatic carbocycles. The maximum Gasteiger partial charge on any atom is 0.328 e. The van der Waals surface area contributed by atoms with Crippen molar-refractivity contribution >= 4 is 17.8 Å². The van der Waals surface area contributed by atoms with Gasteiger partial charge in [-0.25, -0.2) is 4.79 Å². The maximum absolute atomic E-state index is 11.6. The van der Waals surface area contributed by atoms with Gasteiger partial charge in [0, 0.05) is 12.8 Å². The van der Waals surface area contributed by atoms with E-state index < -0.39 is 17.9 Å². The Morgan fingerprint density at radius 3 is 2.37 bits per heavy atom. The van der Waals surface area contributed by atoms with E-state index in [2.05, 4.69) is 5.32 Å². The van der Waals surface area contributed by atoms with Gasteiger partial charge in [0.2, 0.25) is 11.8 Å². The van der Waals surface area contributed by atoms with Gasteiger partial charge in [-0.15, -0.1) is 0 Å². The molecule has 0 radical (unpaired) electrons. The second-order valence-corrected chi connectivity index (χ2v) is 4.33. The topological polar surface area (TPSA) is 98.5 Å². The second kappa shape index (κ2) is 10.3. The molecule has 0 fully saturated rings. The Bertz CT molecular complexity index is 305. The summed E-state index contributed by atoms with van der Waals surface area (Å²) in [6.45, 7) is 3.97. The van der Waals surface area contributed by atoms with Crippen LogP contribution in [0, 0.1) is 0 Å². The zero-order chi connectivity index (χ0) is 14.7. The summed E-state index contributed by atoms with van der Waals surface area (Å²) in [4.78, 5) is 34.0. The van der Waals surface area contributed by atoms with E-state index in [1.165, 1.54) is 0 Å². The number of carbonyl (C=O) groups is 3. The molecule has 0 spiro atoms. The fourth-order valence-corrected chi connectivity index (χ4v) is 1.58. The molecule has 1 atom stereocenters. The van der Waals surface area contributed by atoms with Gasteiger partial charge in [0.1, 0.15) is 6.04 Å². The lowest BCUT2D eigenvalue weighted by Crippen LogP contribution is -2.42. The number of unbranched alkanes of at least 4 members (excludes halogenated alkanes) is 2. The Morgan fingerprint density at radius 2 is 1.84 bits per heavy atom. The van der Waals surface area contributed by atoms with Crippen LogP contribution in [-0.4, -0.2) is 30.4 Å². The quantitative estimate of drug-likeness (QED) is 0.455. The highest BCUT2D eigenvalue weighted by atomic mass is 16.5. The molecule has 0 aliphatic rings. The molecule has 110 valence electrons. The third-order valence-corrected chi connectivity index (χ3v) is 2.59. The molecule has 3 N–H and O–H groups in total. The molecule has 0 rings (SSSR count). The molecular formula is C13H24N2O4. The SMILES string of the molecule is CCCCCC(=O)N[C@@H](CCC(N)=O)C(=O)OCC. The molecule has 0 bridgehead atoms. The monoisotopic (exact) mass is 272 g/mol. The fourth-order valence-electron chi connectivity index (χ4n) is 1.58. The predicted molar refractivity (Wildman–Crippen MR) is 71.1 cm³/mol. The summed E-state index contributed by atoms with van der Waals surface area (Å²) >= 11 is 0. The van der Waals surface area contributed by atoms with E-state index in [0.29, 0.717) is 6.42 Å². The summed E-state index contributed by atoms with van der Waals surface area (Å²) in [5, 5.41) is 2.59. The van der Waals surface area contributed by atoms with E-state index in [1.807, 2.05) is 6.92 Å². The van der Waals surface area contributed by atoms with Crippen molar-refractivity contribution in [1.29, 1.82) is 0 Å². The highest BCUT2D eigenvalue weighted by Gasteiger charge is 2.22. The maximum atomic E-state index is 11.6. The van der Waals surface area contributed by atoms with Crippen LogP contribution in [0.4, 0.5) is 0 Å².